The average Bonchev–Trinajstić information content (AvgIpc) is 3.62. The molecule has 1 amide bonds. The zero-order chi connectivity index (χ0) is 27.6. The van der Waals surface area contributed by atoms with Gasteiger partial charge in [-0.3, -0.25) is 14.4 Å². The van der Waals surface area contributed by atoms with Crippen LogP contribution in [0.1, 0.15) is 11.6 Å². The van der Waals surface area contributed by atoms with Gasteiger partial charge in [0.25, 0.3) is 0 Å². The molecule has 0 aliphatic rings. The Labute approximate surface area is 220 Å². The van der Waals surface area contributed by atoms with E-state index in [1.165, 1.54) is 60.6 Å². The molecule has 0 bridgehead atoms. The number of nitriles is 1. The molecular formula is C27H20F3N7O2. The van der Waals surface area contributed by atoms with E-state index in [1.54, 1.807) is 24.7 Å². The fourth-order valence-corrected chi connectivity index (χ4v) is 4.22. The van der Waals surface area contributed by atoms with Gasteiger partial charge >= 0.3 is 12.1 Å². The molecule has 5 aromatic rings. The lowest BCUT2D eigenvalue weighted by Gasteiger charge is -2.25. The molecule has 1 N–H and O–H groups in total. The number of alkyl halides is 3. The van der Waals surface area contributed by atoms with Crippen LogP contribution >= 0.6 is 0 Å². The highest BCUT2D eigenvalue weighted by Gasteiger charge is 2.43. The first kappa shape index (κ1) is 25.5. The van der Waals surface area contributed by atoms with Gasteiger partial charge in [0.2, 0.25) is 0 Å². The molecule has 3 heterocycles. The minimum Gasteiger partial charge on any atom is -0.497 e. The Kier molecular flexibility index (Phi) is 6.72. The van der Waals surface area contributed by atoms with Crippen LogP contribution in [0, 0.1) is 11.3 Å². The van der Waals surface area contributed by atoms with E-state index in [1.807, 2.05) is 6.07 Å². The van der Waals surface area contributed by atoms with Crippen LogP contribution in [0.5, 0.6) is 5.75 Å². The third-order valence-electron chi connectivity index (χ3n) is 6.07. The predicted octanol–water partition coefficient (Wildman–Crippen LogP) is 5.36. The Morgan fingerprint density at radius 2 is 1.95 bits per heavy atom. The maximum atomic E-state index is 13.5. The fourth-order valence-electron chi connectivity index (χ4n) is 4.22. The molecule has 5 rings (SSSR count). The van der Waals surface area contributed by atoms with E-state index >= 15 is 0 Å². The van der Waals surface area contributed by atoms with Gasteiger partial charge in [0.05, 0.1) is 25.1 Å². The largest absolute Gasteiger partial charge is 0.497 e. The Morgan fingerprint density at radius 3 is 2.67 bits per heavy atom. The van der Waals surface area contributed by atoms with Gasteiger partial charge in [-0.1, -0.05) is 12.1 Å². The van der Waals surface area contributed by atoms with Crippen molar-refractivity contribution in [2.45, 2.75) is 18.6 Å². The van der Waals surface area contributed by atoms with Gasteiger partial charge < -0.3 is 9.72 Å². The number of aromatic nitrogens is 5. The van der Waals surface area contributed by atoms with Gasteiger partial charge in [-0.2, -0.15) is 23.5 Å². The topological polar surface area (TPSA) is 113 Å². The Hall–Kier alpha value is -5.18. The van der Waals surface area contributed by atoms with Crippen LogP contribution in [0.3, 0.4) is 0 Å². The van der Waals surface area contributed by atoms with E-state index in [9.17, 15) is 23.2 Å². The number of carbonyl (C=O) groups excluding carboxylic acids is 1. The summed E-state index contributed by atoms with van der Waals surface area (Å²) in [5, 5.41) is 15.0. The molecule has 196 valence electrons. The number of hydrogen-bond acceptors (Lipinski definition) is 6. The van der Waals surface area contributed by atoms with Crippen LogP contribution in [-0.4, -0.2) is 43.9 Å². The van der Waals surface area contributed by atoms with Crippen molar-refractivity contribution in [1.29, 1.82) is 5.26 Å². The third-order valence-corrected chi connectivity index (χ3v) is 6.07. The number of nitrogens with one attached hydrogen (secondary N) is 1. The van der Waals surface area contributed by atoms with Crippen LogP contribution in [0.2, 0.25) is 0 Å². The lowest BCUT2D eigenvalue weighted by Crippen LogP contribution is -2.38. The number of hydrogen-bond donors (Lipinski definition) is 1. The van der Waals surface area contributed by atoms with Crippen LogP contribution in [0.4, 0.5) is 24.5 Å². The number of benzene rings is 2. The maximum Gasteiger partial charge on any atom is 0.472 e. The summed E-state index contributed by atoms with van der Waals surface area (Å²) in [6.45, 7) is 0. The summed E-state index contributed by atoms with van der Waals surface area (Å²) in [5.74, 6) is -1.61. The van der Waals surface area contributed by atoms with Crippen molar-refractivity contribution in [3.63, 3.8) is 0 Å². The van der Waals surface area contributed by atoms with E-state index < -0.39 is 18.1 Å². The number of methoxy groups -OCH3 is 1. The fraction of sp³-hybridized carbons (Fsp3) is 0.148. The molecule has 1 unspecified atom stereocenters. The number of amides is 1. The molecule has 0 aliphatic carbocycles. The molecule has 0 saturated heterocycles. The van der Waals surface area contributed by atoms with Gasteiger partial charge in [-0.05, 0) is 48.0 Å². The van der Waals surface area contributed by atoms with Crippen molar-refractivity contribution in [1.82, 2.24) is 24.7 Å². The molecule has 0 aliphatic heterocycles. The second-order valence-corrected chi connectivity index (χ2v) is 8.53. The smallest absolute Gasteiger partial charge is 0.472 e. The van der Waals surface area contributed by atoms with Gasteiger partial charge in [-0.15, -0.1) is 0 Å². The maximum absolute atomic E-state index is 13.5. The number of carbonyl (C=O) groups is 1. The summed E-state index contributed by atoms with van der Waals surface area (Å²) in [5.41, 5.74) is 2.55. The minimum atomic E-state index is -5.11. The highest BCUT2D eigenvalue weighted by Crippen LogP contribution is 2.33. The molecule has 0 radical (unpaired) electrons. The molecule has 0 saturated carbocycles. The zero-order valence-corrected chi connectivity index (χ0v) is 20.4. The van der Waals surface area contributed by atoms with Crippen molar-refractivity contribution in [2.75, 3.05) is 12.0 Å². The number of nitrogens with zero attached hydrogens (tertiary/aromatic N) is 6. The molecule has 3 aromatic heterocycles. The Morgan fingerprint density at radius 1 is 1.15 bits per heavy atom. The standard InChI is InChI=1S/C27H20F3N7O2/c1-39-22-7-5-19(6-8-22)37(26(38)27(28,29)30)20-4-2-3-17(11-20)12-21(13-31)36-15-18(14-35-36)24-23-9-10-32-25(23)34-16-33-24/h2-11,14-16,21H,12H2,1H3,(H,32,33,34). The lowest BCUT2D eigenvalue weighted by atomic mass is 10.1. The Bertz CT molecular complexity index is 1670. The number of ether oxygens (including phenoxy) is 1. The van der Waals surface area contributed by atoms with Crippen LogP contribution in [0.25, 0.3) is 22.3 Å². The van der Waals surface area contributed by atoms with E-state index in [0.29, 0.717) is 33.1 Å². The first-order chi connectivity index (χ1) is 18.8. The van der Waals surface area contributed by atoms with Crippen molar-refractivity contribution in [2.24, 2.45) is 0 Å². The normalized spacial score (nSPS) is 12.2. The second kappa shape index (κ2) is 10.3. The van der Waals surface area contributed by atoms with Crippen molar-refractivity contribution in [3.05, 3.63) is 85.1 Å². The van der Waals surface area contributed by atoms with Gasteiger partial charge in [0, 0.05) is 41.1 Å². The summed E-state index contributed by atoms with van der Waals surface area (Å²) in [6.07, 6.45) is 1.47. The van der Waals surface area contributed by atoms with E-state index in [4.69, 9.17) is 4.74 Å². The van der Waals surface area contributed by atoms with Crippen molar-refractivity contribution >= 4 is 28.3 Å². The van der Waals surface area contributed by atoms with E-state index in [2.05, 4.69) is 26.1 Å². The monoisotopic (exact) mass is 531 g/mol. The van der Waals surface area contributed by atoms with E-state index in [0.717, 1.165) is 5.39 Å². The van der Waals surface area contributed by atoms with Gasteiger partial charge in [-0.25, -0.2) is 9.97 Å². The second-order valence-electron chi connectivity index (χ2n) is 8.53. The van der Waals surface area contributed by atoms with E-state index in [-0.39, 0.29) is 17.8 Å². The van der Waals surface area contributed by atoms with Gasteiger partial charge in [0.1, 0.15) is 23.8 Å². The summed E-state index contributed by atoms with van der Waals surface area (Å²) in [6, 6.07) is 15.0. The minimum absolute atomic E-state index is 0.00803. The van der Waals surface area contributed by atoms with Crippen molar-refractivity contribution in [3.8, 4) is 23.1 Å². The molecule has 9 nitrogen and oxygen atoms in total. The zero-order valence-electron chi connectivity index (χ0n) is 20.4. The summed E-state index contributed by atoms with van der Waals surface area (Å²) < 4.78 is 47.2. The molecule has 2 aromatic carbocycles. The Balaban J connectivity index is 1.44. The highest BCUT2D eigenvalue weighted by atomic mass is 19.4. The highest BCUT2D eigenvalue weighted by molar-refractivity contribution is 6.03. The number of H-pyrrole nitrogens is 1. The molecule has 0 spiro atoms. The quantitative estimate of drug-likeness (QED) is 0.302. The first-order valence-corrected chi connectivity index (χ1v) is 11.6. The van der Waals surface area contributed by atoms with Gasteiger partial charge in [0.15, 0.2) is 0 Å². The number of anilines is 2. The molecular weight excluding hydrogens is 511 g/mol. The molecule has 1 atom stereocenters. The van der Waals surface area contributed by atoms with Crippen LogP contribution in [0.15, 0.2) is 79.5 Å². The SMILES string of the molecule is COc1ccc(N(C(=O)C(F)(F)F)c2cccc(CC(C#N)n3cc(-c4ncnc5[nH]ccc45)cn3)c2)cc1. The molecule has 39 heavy (non-hydrogen) atoms. The molecule has 12 heteroatoms. The average molecular weight is 531 g/mol. The van der Waals surface area contributed by atoms with Crippen molar-refractivity contribution < 1.29 is 22.7 Å². The first-order valence-electron chi connectivity index (χ1n) is 11.6. The predicted molar refractivity (Wildman–Crippen MR) is 136 cm³/mol. The third kappa shape index (κ3) is 5.15. The summed E-state index contributed by atoms with van der Waals surface area (Å²) >= 11 is 0. The summed E-state index contributed by atoms with van der Waals surface area (Å²) in [4.78, 5) is 24.5. The summed E-state index contributed by atoms with van der Waals surface area (Å²) in [7, 11) is 1.43. The lowest BCUT2D eigenvalue weighted by molar-refractivity contribution is -0.169. The number of rotatable bonds is 7. The molecule has 0 fully saturated rings. The number of fused-ring (bicyclic) bond motifs is 1. The van der Waals surface area contributed by atoms with Crippen LogP contribution in [-0.2, 0) is 11.2 Å². The van der Waals surface area contributed by atoms with Crippen LogP contribution < -0.4 is 9.64 Å². The number of aromatic amines is 1. The number of halogens is 3.